The fourth-order valence-electron chi connectivity index (χ4n) is 7.76. The van der Waals surface area contributed by atoms with Crippen LogP contribution in [0, 0.1) is 28.6 Å². The summed E-state index contributed by atoms with van der Waals surface area (Å²) in [6.07, 6.45) is 9.42. The Bertz CT molecular complexity index is 879. The topological polar surface area (TPSA) is 76.0 Å². The van der Waals surface area contributed by atoms with Gasteiger partial charge in [-0.05, 0) is 69.4 Å². The van der Waals surface area contributed by atoms with Gasteiger partial charge in [-0.15, -0.1) is 9.24 Å². The number of aliphatic hydroxyl groups excluding tert-OH is 1. The van der Waals surface area contributed by atoms with E-state index in [-0.39, 0.29) is 23.5 Å². The van der Waals surface area contributed by atoms with Crippen molar-refractivity contribution in [1.29, 1.82) is 0 Å². The summed E-state index contributed by atoms with van der Waals surface area (Å²) in [6.45, 7) is 11.2. The van der Waals surface area contributed by atoms with Gasteiger partial charge in [-0.1, -0.05) is 32.4 Å². The molecule has 32 heavy (non-hydrogen) atoms. The molecule has 2 N–H and O–H groups in total. The van der Waals surface area contributed by atoms with Gasteiger partial charge in [0.15, 0.2) is 11.5 Å². The van der Waals surface area contributed by atoms with E-state index < -0.39 is 27.7 Å². The maximum Gasteiger partial charge on any atom is 0.178 e. The Morgan fingerprint density at radius 2 is 2.00 bits per heavy atom. The van der Waals surface area contributed by atoms with E-state index in [2.05, 4.69) is 30.0 Å². The first-order chi connectivity index (χ1) is 15.0. The van der Waals surface area contributed by atoms with E-state index in [1.807, 2.05) is 19.9 Å². The second kappa shape index (κ2) is 7.96. The van der Waals surface area contributed by atoms with E-state index in [0.29, 0.717) is 25.4 Å². The molecule has 5 nitrogen and oxygen atoms in total. The Morgan fingerprint density at radius 1 is 1.28 bits per heavy atom. The van der Waals surface area contributed by atoms with Gasteiger partial charge in [0.25, 0.3) is 0 Å². The largest absolute Gasteiger partial charge is 0.498 e. The summed E-state index contributed by atoms with van der Waals surface area (Å²) >= 11 is 0. The molecule has 0 aromatic carbocycles. The lowest BCUT2D eigenvalue weighted by Gasteiger charge is -2.65. The van der Waals surface area contributed by atoms with Crippen LogP contribution in [0.2, 0.25) is 0 Å². The highest BCUT2D eigenvalue weighted by atomic mass is 31.0. The quantitative estimate of drug-likeness (QED) is 0.474. The Hall–Kier alpha value is -1.16. The van der Waals surface area contributed by atoms with Crippen LogP contribution in [0.5, 0.6) is 0 Å². The second-order valence-corrected chi connectivity index (χ2v) is 11.7. The molecular weight excluding hydrogens is 423 g/mol. The number of aliphatic hydroxyl groups is 2. The van der Waals surface area contributed by atoms with Gasteiger partial charge >= 0.3 is 0 Å². The number of ether oxygens (including phenoxy) is 2. The number of hydrogen-bond donors (Lipinski definition) is 2. The predicted molar refractivity (Wildman–Crippen MR) is 128 cm³/mol. The predicted octanol–water partition coefficient (Wildman–Crippen LogP) is 4.15. The molecular formula is C26H39O5P. The van der Waals surface area contributed by atoms with E-state index >= 15 is 0 Å². The van der Waals surface area contributed by atoms with Crippen LogP contribution < -0.4 is 0 Å². The van der Waals surface area contributed by atoms with Crippen LogP contribution >= 0.6 is 9.24 Å². The van der Waals surface area contributed by atoms with Crippen molar-refractivity contribution >= 4 is 15.0 Å². The molecule has 0 saturated heterocycles. The van der Waals surface area contributed by atoms with Crippen molar-refractivity contribution in [2.75, 3.05) is 13.2 Å². The zero-order valence-electron chi connectivity index (χ0n) is 20.1. The highest BCUT2D eigenvalue weighted by molar-refractivity contribution is 7.19. The minimum atomic E-state index is -1.22. The monoisotopic (exact) mass is 462 g/mol. The van der Waals surface area contributed by atoms with Crippen LogP contribution in [0.15, 0.2) is 35.8 Å². The maximum atomic E-state index is 12.3. The van der Waals surface area contributed by atoms with E-state index in [1.54, 1.807) is 18.4 Å². The lowest BCUT2D eigenvalue weighted by atomic mass is 9.45. The summed E-state index contributed by atoms with van der Waals surface area (Å²) in [4.78, 5) is 12.1. The van der Waals surface area contributed by atoms with Gasteiger partial charge < -0.3 is 19.7 Å². The number of allylic oxidation sites excluding steroid dienone is 4. The third-order valence-corrected chi connectivity index (χ3v) is 10.9. The van der Waals surface area contributed by atoms with Crippen LogP contribution in [0.4, 0.5) is 0 Å². The molecule has 9 atom stereocenters. The van der Waals surface area contributed by atoms with E-state index in [9.17, 15) is 15.0 Å². The molecule has 0 aliphatic heterocycles. The van der Waals surface area contributed by atoms with Gasteiger partial charge in [0, 0.05) is 16.0 Å². The summed E-state index contributed by atoms with van der Waals surface area (Å²) in [5.41, 5.74) is -1.05. The smallest absolute Gasteiger partial charge is 0.178 e. The van der Waals surface area contributed by atoms with Crippen LogP contribution in [-0.2, 0) is 14.3 Å². The number of ketones is 1. The summed E-state index contributed by atoms with van der Waals surface area (Å²) < 4.78 is 11.6. The summed E-state index contributed by atoms with van der Waals surface area (Å²) in [5, 5.41) is 23.6. The van der Waals surface area contributed by atoms with Crippen molar-refractivity contribution in [3.05, 3.63) is 35.8 Å². The van der Waals surface area contributed by atoms with Crippen molar-refractivity contribution in [3.63, 3.8) is 0 Å². The van der Waals surface area contributed by atoms with Gasteiger partial charge in [-0.25, -0.2) is 0 Å². The minimum absolute atomic E-state index is 0.0333. The van der Waals surface area contributed by atoms with E-state index in [1.165, 1.54) is 0 Å². The first-order valence-corrected chi connectivity index (χ1v) is 12.7. The highest BCUT2D eigenvalue weighted by Crippen LogP contribution is 2.72. The number of fused-ring (bicyclic) bond motifs is 5. The first kappa shape index (κ1) is 24.0. The molecule has 0 bridgehead atoms. The Morgan fingerprint density at radius 3 is 2.66 bits per heavy atom. The molecule has 4 rings (SSSR count). The summed E-state index contributed by atoms with van der Waals surface area (Å²) in [5.74, 6) is 0.869. The maximum absolute atomic E-state index is 12.3. The molecule has 0 amide bonds. The molecule has 0 radical (unpaired) electrons. The van der Waals surface area contributed by atoms with Crippen LogP contribution in [0.25, 0.3) is 0 Å². The zero-order valence-corrected chi connectivity index (χ0v) is 21.2. The third kappa shape index (κ3) is 2.90. The zero-order chi connectivity index (χ0) is 23.5. The average molecular weight is 463 g/mol. The van der Waals surface area contributed by atoms with E-state index in [4.69, 9.17) is 9.47 Å². The first-order valence-electron chi connectivity index (χ1n) is 12.1. The molecule has 0 spiro atoms. The SMILES string of the molecule is CCO/C=C(/OCC)[C@@]1(O)[C@H](C)CC2C3CCC4=CC(=O)C=CC4(C)[C@@]3(P)C(O)CC21C. The average Bonchev–Trinajstić information content (AvgIpc) is 2.94. The molecule has 6 unspecified atom stereocenters. The van der Waals surface area contributed by atoms with Gasteiger partial charge in [0.2, 0.25) is 0 Å². The van der Waals surface area contributed by atoms with Crippen molar-refractivity contribution in [3.8, 4) is 0 Å². The van der Waals surface area contributed by atoms with Gasteiger partial charge in [0.05, 0.1) is 19.3 Å². The number of hydrogen-bond acceptors (Lipinski definition) is 5. The fraction of sp³-hybridized carbons (Fsp3) is 0.731. The summed E-state index contributed by atoms with van der Waals surface area (Å²) in [7, 11) is 3.04. The normalized spacial score (nSPS) is 47.9. The number of rotatable bonds is 5. The van der Waals surface area contributed by atoms with Crippen LogP contribution in [0.3, 0.4) is 0 Å². The fourth-order valence-corrected chi connectivity index (χ4v) is 8.56. The molecule has 4 aliphatic rings. The van der Waals surface area contributed by atoms with Gasteiger partial charge in [0.1, 0.15) is 11.9 Å². The molecule has 6 heteroatoms. The molecule has 0 aromatic rings. The standard InChI is InChI=1S/C26H39O5P/c1-6-30-15-22(31-7-2)25(29)16(3)12-20-19-9-8-17-13-18(27)10-11-23(17,4)26(19,32)21(28)14-24(20,25)5/h10-11,13,15-16,19-21,28-29H,6-9,12,14,32H2,1-5H3/b22-15+/t16-,19?,20?,21?,23?,24?,25+,26+/m1/s1. The van der Waals surface area contributed by atoms with Gasteiger partial charge in [-0.3, -0.25) is 4.79 Å². The molecule has 0 heterocycles. The van der Waals surface area contributed by atoms with E-state index in [0.717, 1.165) is 24.8 Å². The molecule has 178 valence electrons. The molecule has 0 aromatic heterocycles. The third-order valence-electron chi connectivity index (χ3n) is 9.50. The Labute approximate surface area is 194 Å². The van der Waals surface area contributed by atoms with Crippen molar-refractivity contribution in [1.82, 2.24) is 0 Å². The Balaban J connectivity index is 1.81. The summed E-state index contributed by atoms with van der Waals surface area (Å²) in [6, 6.07) is 0. The number of carbonyl (C=O) groups excluding carboxylic acids is 1. The lowest BCUT2D eigenvalue weighted by Crippen LogP contribution is -2.67. The minimum Gasteiger partial charge on any atom is -0.498 e. The van der Waals surface area contributed by atoms with Gasteiger partial charge in [-0.2, -0.15) is 0 Å². The molecule has 3 saturated carbocycles. The Kier molecular flexibility index (Phi) is 5.96. The number of carbonyl (C=O) groups is 1. The van der Waals surface area contributed by atoms with Crippen molar-refractivity contribution < 1.29 is 24.5 Å². The molecule has 4 aliphatic carbocycles. The van der Waals surface area contributed by atoms with Crippen molar-refractivity contribution in [2.24, 2.45) is 28.6 Å². The second-order valence-electron chi connectivity index (χ2n) is 10.7. The lowest BCUT2D eigenvalue weighted by molar-refractivity contribution is -0.161. The van der Waals surface area contributed by atoms with Crippen LogP contribution in [-0.4, -0.2) is 46.1 Å². The highest BCUT2D eigenvalue weighted by Gasteiger charge is 2.73. The van der Waals surface area contributed by atoms with Crippen LogP contribution in [0.1, 0.15) is 60.3 Å². The molecule has 3 fully saturated rings. The van der Waals surface area contributed by atoms with Crippen molar-refractivity contribution in [2.45, 2.75) is 77.2 Å².